The third-order valence-electron chi connectivity index (χ3n) is 6.05. The second-order valence-corrected chi connectivity index (χ2v) is 5.90. The van der Waals surface area contributed by atoms with E-state index >= 15 is 0 Å². The third kappa shape index (κ3) is 0.361. The molecule has 5 rings (SSSR count). The molecule has 0 saturated heterocycles. The maximum absolute atomic E-state index is 13.9. The molecule has 0 unspecified atom stereocenters. The molecule has 14 heavy (non-hydrogen) atoms. The molecule has 0 radical (unpaired) electrons. The van der Waals surface area contributed by atoms with Crippen molar-refractivity contribution in [3.8, 4) is 0 Å². The second kappa shape index (κ2) is 1.48. The van der Waals surface area contributed by atoms with Gasteiger partial charge in [0.2, 0.25) is 0 Å². The highest BCUT2D eigenvalue weighted by Gasteiger charge is 2.89. The predicted octanol–water partition coefficient (Wildman–Crippen LogP) is 1.58. The molecule has 0 spiro atoms. The summed E-state index contributed by atoms with van der Waals surface area (Å²) in [5.41, 5.74) is 0. The minimum absolute atomic E-state index is 0.214. The lowest BCUT2D eigenvalue weighted by Crippen LogP contribution is -2.53. The number of alkyl halides is 2. The first-order valence-electron chi connectivity index (χ1n) is 5.55. The van der Waals surface area contributed by atoms with E-state index in [4.69, 9.17) is 0 Å². The fourth-order valence-electron chi connectivity index (χ4n) is 6.07. The van der Waals surface area contributed by atoms with Crippen LogP contribution in [0.3, 0.4) is 0 Å². The van der Waals surface area contributed by atoms with Crippen molar-refractivity contribution in [2.45, 2.75) is 12.3 Å². The fourth-order valence-corrected chi connectivity index (χ4v) is 6.07. The molecule has 2 bridgehead atoms. The van der Waals surface area contributed by atoms with Crippen LogP contribution in [0.2, 0.25) is 0 Å². The van der Waals surface area contributed by atoms with Crippen LogP contribution in [0.15, 0.2) is 0 Å². The molecule has 5 aliphatic rings. The van der Waals surface area contributed by atoms with Crippen LogP contribution in [0.25, 0.3) is 0 Å². The summed E-state index contributed by atoms with van der Waals surface area (Å²) in [6.45, 7) is 0. The SMILES string of the molecule is O=C1[C@@H]2[C@H]3C[C@@H]4[C@@H]5[C@H]3[C@@H]1[C@H]5C(F)(F)[C@H]42. The zero-order chi connectivity index (χ0) is 9.40. The molecule has 5 aliphatic carbocycles. The van der Waals surface area contributed by atoms with E-state index in [1.54, 1.807) is 0 Å². The molecule has 0 aromatic rings. The van der Waals surface area contributed by atoms with E-state index in [1.165, 1.54) is 0 Å². The number of hydrogen-bond donors (Lipinski definition) is 0. The van der Waals surface area contributed by atoms with Crippen LogP contribution < -0.4 is 0 Å². The largest absolute Gasteiger partial charge is 0.299 e. The molecule has 0 aliphatic heterocycles. The normalized spacial score (nSPS) is 73.4. The summed E-state index contributed by atoms with van der Waals surface area (Å²) in [6.07, 6.45) is 0.943. The number of carbonyl (C=O) groups is 1. The van der Waals surface area contributed by atoms with Gasteiger partial charge < -0.3 is 0 Å². The predicted molar refractivity (Wildman–Crippen MR) is 42.5 cm³/mol. The lowest BCUT2D eigenvalue weighted by Gasteiger charge is -2.45. The number of halogens is 2. The maximum atomic E-state index is 13.9. The monoisotopic (exact) mass is 196 g/mol. The molecule has 74 valence electrons. The standard InChI is InChI=1S/C11H10F2O/c12-11(13)8-3-1-2-4-5(3)9(11)7(4)10(14)6(2)8/h2-9H,1H2/t2-,3+,4-,5+,6+,7+,8+,9-/m0/s1. The van der Waals surface area contributed by atoms with Crippen LogP contribution in [0.1, 0.15) is 6.42 Å². The number of rotatable bonds is 0. The zero-order valence-electron chi connectivity index (χ0n) is 7.49. The average Bonchev–Trinajstić information content (AvgIpc) is 2.52. The first-order chi connectivity index (χ1) is 6.64. The first kappa shape index (κ1) is 6.91. The van der Waals surface area contributed by atoms with Gasteiger partial charge in [-0.25, -0.2) is 8.78 Å². The maximum Gasteiger partial charge on any atom is 0.255 e. The summed E-state index contributed by atoms with van der Waals surface area (Å²) in [4.78, 5) is 11.9. The van der Waals surface area contributed by atoms with Crippen molar-refractivity contribution >= 4 is 5.78 Å². The molecule has 0 amide bonds. The lowest BCUT2D eigenvalue weighted by molar-refractivity contribution is -0.174. The van der Waals surface area contributed by atoms with Gasteiger partial charge in [-0.2, -0.15) is 0 Å². The van der Waals surface area contributed by atoms with E-state index < -0.39 is 17.8 Å². The Bertz CT molecular complexity index is 391. The Morgan fingerprint density at radius 3 is 2.64 bits per heavy atom. The quantitative estimate of drug-likeness (QED) is 0.575. The van der Waals surface area contributed by atoms with Crippen LogP contribution in [-0.4, -0.2) is 11.7 Å². The van der Waals surface area contributed by atoms with Crippen molar-refractivity contribution in [1.29, 1.82) is 0 Å². The van der Waals surface area contributed by atoms with E-state index in [9.17, 15) is 13.6 Å². The molecule has 0 aromatic heterocycles. The number of fused-ring (bicyclic) bond motifs is 2. The molecular weight excluding hydrogens is 186 g/mol. The van der Waals surface area contributed by atoms with E-state index in [2.05, 4.69) is 0 Å². The average molecular weight is 196 g/mol. The van der Waals surface area contributed by atoms with Crippen LogP contribution in [0.4, 0.5) is 8.78 Å². The third-order valence-corrected chi connectivity index (χ3v) is 6.05. The van der Waals surface area contributed by atoms with Gasteiger partial charge in [0.15, 0.2) is 0 Å². The summed E-state index contributed by atoms with van der Waals surface area (Å²) < 4.78 is 27.8. The molecule has 0 heterocycles. The van der Waals surface area contributed by atoms with Gasteiger partial charge in [0.1, 0.15) is 5.78 Å². The van der Waals surface area contributed by atoms with Gasteiger partial charge in [-0.3, -0.25) is 4.79 Å². The Balaban J connectivity index is 1.87. The Morgan fingerprint density at radius 2 is 1.86 bits per heavy atom. The van der Waals surface area contributed by atoms with Crippen LogP contribution >= 0.6 is 0 Å². The number of hydrogen-bond acceptors (Lipinski definition) is 1. The van der Waals surface area contributed by atoms with E-state index in [0.29, 0.717) is 11.8 Å². The second-order valence-electron chi connectivity index (χ2n) is 5.90. The highest BCUT2D eigenvalue weighted by Crippen LogP contribution is 2.85. The molecule has 1 nitrogen and oxygen atoms in total. The summed E-state index contributed by atoms with van der Waals surface area (Å²) in [6, 6.07) is 0. The van der Waals surface area contributed by atoms with Crippen molar-refractivity contribution in [3.63, 3.8) is 0 Å². The van der Waals surface area contributed by atoms with Crippen molar-refractivity contribution < 1.29 is 13.6 Å². The van der Waals surface area contributed by atoms with Gasteiger partial charge >= 0.3 is 0 Å². The number of ketones is 1. The smallest absolute Gasteiger partial charge is 0.255 e. The summed E-state index contributed by atoms with van der Waals surface area (Å²) in [5, 5.41) is 0. The Labute approximate surface area is 79.9 Å². The molecule has 5 saturated carbocycles. The number of carbonyl (C=O) groups excluding carboxylic acids is 1. The molecule has 8 atom stereocenters. The Kier molecular flexibility index (Phi) is 0.732. The number of Topliss-reactive ketones (excluding diaryl/α,β-unsaturated/α-hetero) is 1. The summed E-state index contributed by atoms with van der Waals surface area (Å²) >= 11 is 0. The molecule has 0 aromatic carbocycles. The highest BCUT2D eigenvalue weighted by molar-refractivity contribution is 5.91. The Morgan fingerprint density at radius 1 is 1.07 bits per heavy atom. The summed E-state index contributed by atoms with van der Waals surface area (Å²) in [7, 11) is 0. The van der Waals surface area contributed by atoms with Gasteiger partial charge in [0, 0.05) is 23.7 Å². The topological polar surface area (TPSA) is 17.1 Å². The minimum Gasteiger partial charge on any atom is -0.299 e. The molecule has 3 heteroatoms. The van der Waals surface area contributed by atoms with Crippen LogP contribution in [-0.2, 0) is 4.79 Å². The highest BCUT2D eigenvalue weighted by atomic mass is 19.3. The van der Waals surface area contributed by atoms with Crippen LogP contribution in [0, 0.1) is 47.3 Å². The van der Waals surface area contributed by atoms with Gasteiger partial charge in [0.25, 0.3) is 5.92 Å². The Hall–Kier alpha value is -0.470. The van der Waals surface area contributed by atoms with Crippen molar-refractivity contribution in [1.82, 2.24) is 0 Å². The summed E-state index contributed by atoms with van der Waals surface area (Å²) in [5.74, 6) is -2.54. The zero-order valence-corrected chi connectivity index (χ0v) is 7.49. The van der Waals surface area contributed by atoms with E-state index in [-0.39, 0.29) is 29.5 Å². The van der Waals surface area contributed by atoms with E-state index in [1.807, 2.05) is 0 Å². The van der Waals surface area contributed by atoms with Gasteiger partial charge in [-0.05, 0) is 30.1 Å². The van der Waals surface area contributed by atoms with Gasteiger partial charge in [-0.1, -0.05) is 0 Å². The van der Waals surface area contributed by atoms with Crippen LogP contribution in [0.5, 0.6) is 0 Å². The van der Waals surface area contributed by atoms with Crippen molar-refractivity contribution in [3.05, 3.63) is 0 Å². The molecule has 0 N–H and O–H groups in total. The molecular formula is C11H10F2O. The minimum atomic E-state index is -2.49. The lowest BCUT2D eigenvalue weighted by atomic mass is 9.59. The fraction of sp³-hybridized carbons (Fsp3) is 0.909. The van der Waals surface area contributed by atoms with E-state index in [0.717, 1.165) is 6.42 Å². The van der Waals surface area contributed by atoms with Gasteiger partial charge in [-0.15, -0.1) is 0 Å². The van der Waals surface area contributed by atoms with Gasteiger partial charge in [0.05, 0.1) is 0 Å². The molecule has 5 fully saturated rings. The van der Waals surface area contributed by atoms with Crippen molar-refractivity contribution in [2.75, 3.05) is 0 Å². The first-order valence-corrected chi connectivity index (χ1v) is 5.55. The van der Waals surface area contributed by atoms with Crippen molar-refractivity contribution in [2.24, 2.45) is 47.3 Å².